The quantitative estimate of drug-likeness (QED) is 0.747. The number of hydrogen-bond donors (Lipinski definition) is 1. The second-order valence-corrected chi connectivity index (χ2v) is 7.00. The van der Waals surface area contributed by atoms with Gasteiger partial charge in [-0.15, -0.1) is 0 Å². The molecule has 2 rings (SSSR count). The minimum Gasteiger partial charge on any atom is -0.382 e. The van der Waals surface area contributed by atoms with E-state index in [4.69, 9.17) is 4.74 Å². The van der Waals surface area contributed by atoms with E-state index in [0.29, 0.717) is 5.25 Å². The van der Waals surface area contributed by atoms with Crippen LogP contribution in [0.1, 0.15) is 13.3 Å². The number of nitrogens with one attached hydrogen (secondary N) is 1. The number of nitrogens with zero attached hydrogens (tertiary/aromatic N) is 2. The molecule has 1 aliphatic heterocycles. The van der Waals surface area contributed by atoms with Gasteiger partial charge in [0.05, 0.1) is 0 Å². The number of imidazole rings is 1. The van der Waals surface area contributed by atoms with Gasteiger partial charge in [0.25, 0.3) is 0 Å². The lowest BCUT2D eigenvalue weighted by Crippen LogP contribution is -2.24. The van der Waals surface area contributed by atoms with Crippen LogP contribution in [-0.4, -0.2) is 51.8 Å². The molecule has 2 heterocycles. The van der Waals surface area contributed by atoms with Gasteiger partial charge in [0.2, 0.25) is 5.95 Å². The van der Waals surface area contributed by atoms with Gasteiger partial charge in [0.15, 0.2) is 0 Å². The van der Waals surface area contributed by atoms with Crippen molar-refractivity contribution in [2.45, 2.75) is 25.1 Å². The molecule has 1 saturated heterocycles. The van der Waals surface area contributed by atoms with Crippen LogP contribution < -0.4 is 5.32 Å². The molecule has 108 valence electrons. The molecule has 19 heavy (non-hydrogen) atoms. The number of aryl methyl sites for hydroxylation is 1. The molecule has 0 spiro atoms. The number of anilines is 1. The molecule has 0 radical (unpaired) electrons. The third-order valence-electron chi connectivity index (χ3n) is 2.98. The van der Waals surface area contributed by atoms with Gasteiger partial charge in [0, 0.05) is 61.2 Å². The number of thioether (sulfide) groups is 2. The van der Waals surface area contributed by atoms with Gasteiger partial charge < -0.3 is 14.6 Å². The average Bonchev–Trinajstić information content (AvgIpc) is 2.90. The Kier molecular flexibility index (Phi) is 6.95. The lowest BCUT2D eigenvalue weighted by molar-refractivity contribution is 0.142. The first-order valence-electron chi connectivity index (χ1n) is 6.92. The van der Waals surface area contributed by atoms with Crippen molar-refractivity contribution in [3.05, 3.63) is 12.4 Å². The Labute approximate surface area is 124 Å². The van der Waals surface area contributed by atoms with Crippen molar-refractivity contribution in [1.82, 2.24) is 9.55 Å². The predicted molar refractivity (Wildman–Crippen MR) is 85.4 cm³/mol. The van der Waals surface area contributed by atoms with Gasteiger partial charge >= 0.3 is 0 Å². The lowest BCUT2D eigenvalue weighted by Gasteiger charge is -2.21. The zero-order valence-corrected chi connectivity index (χ0v) is 13.1. The van der Waals surface area contributed by atoms with E-state index in [1.165, 1.54) is 17.3 Å². The van der Waals surface area contributed by atoms with Crippen molar-refractivity contribution in [3.8, 4) is 0 Å². The summed E-state index contributed by atoms with van der Waals surface area (Å²) in [4.78, 5) is 4.39. The number of hydrogen-bond acceptors (Lipinski definition) is 5. The molecule has 1 unspecified atom stereocenters. The molecule has 1 aromatic heterocycles. The van der Waals surface area contributed by atoms with Crippen LogP contribution in [0.3, 0.4) is 0 Å². The fraction of sp³-hybridized carbons (Fsp3) is 0.769. The molecule has 0 amide bonds. The Morgan fingerprint density at radius 2 is 2.47 bits per heavy atom. The summed E-state index contributed by atoms with van der Waals surface area (Å²) in [7, 11) is 0. The molecule has 0 bridgehead atoms. The van der Waals surface area contributed by atoms with Gasteiger partial charge in [-0.25, -0.2) is 4.98 Å². The molecule has 6 heteroatoms. The highest BCUT2D eigenvalue weighted by molar-refractivity contribution is 8.06. The smallest absolute Gasteiger partial charge is 0.202 e. The van der Waals surface area contributed by atoms with Gasteiger partial charge in [-0.1, -0.05) is 0 Å². The van der Waals surface area contributed by atoms with Crippen molar-refractivity contribution in [2.24, 2.45) is 0 Å². The Hall–Kier alpha value is -0.330. The topological polar surface area (TPSA) is 39.1 Å². The maximum Gasteiger partial charge on any atom is 0.202 e. The first kappa shape index (κ1) is 15.1. The molecular weight excluding hydrogens is 278 g/mol. The van der Waals surface area contributed by atoms with E-state index in [0.717, 1.165) is 38.7 Å². The maximum absolute atomic E-state index is 5.37. The van der Waals surface area contributed by atoms with Crippen LogP contribution in [0, 0.1) is 0 Å². The van der Waals surface area contributed by atoms with Gasteiger partial charge in [-0.05, 0) is 13.3 Å². The second-order valence-electron chi connectivity index (χ2n) is 4.44. The van der Waals surface area contributed by atoms with Gasteiger partial charge in [0.1, 0.15) is 0 Å². The molecular formula is C13H23N3OS2. The standard InChI is InChI=1S/C13H23N3OS2/c1-2-17-7-3-5-16-6-4-14-13(16)15-10-12-11-18-8-9-19-12/h4,6,12H,2-3,5,7-11H2,1H3,(H,14,15). The summed E-state index contributed by atoms with van der Waals surface area (Å²) in [5.41, 5.74) is 0. The fourth-order valence-electron chi connectivity index (χ4n) is 2.00. The third kappa shape index (κ3) is 5.28. The molecule has 0 saturated carbocycles. The summed E-state index contributed by atoms with van der Waals surface area (Å²) < 4.78 is 7.55. The van der Waals surface area contributed by atoms with Crippen LogP contribution in [0.15, 0.2) is 12.4 Å². The molecule has 1 aliphatic rings. The SMILES string of the molecule is CCOCCCn1ccnc1NCC1CSCCS1. The lowest BCUT2D eigenvalue weighted by atomic mass is 10.4. The van der Waals surface area contributed by atoms with Crippen molar-refractivity contribution in [2.75, 3.05) is 42.3 Å². The summed E-state index contributed by atoms with van der Waals surface area (Å²) in [6, 6.07) is 0. The summed E-state index contributed by atoms with van der Waals surface area (Å²) in [5, 5.41) is 4.20. The molecule has 1 N–H and O–H groups in total. The fourth-order valence-corrected chi connectivity index (χ4v) is 4.61. The van der Waals surface area contributed by atoms with Crippen LogP contribution in [0.25, 0.3) is 0 Å². The predicted octanol–water partition coefficient (Wildman–Crippen LogP) is 2.57. The molecule has 1 atom stereocenters. The average molecular weight is 301 g/mol. The first-order chi connectivity index (χ1) is 9.40. The Morgan fingerprint density at radius 1 is 1.53 bits per heavy atom. The van der Waals surface area contributed by atoms with E-state index >= 15 is 0 Å². The highest BCUT2D eigenvalue weighted by atomic mass is 32.2. The summed E-state index contributed by atoms with van der Waals surface area (Å²) >= 11 is 4.13. The molecule has 0 aliphatic carbocycles. The van der Waals surface area contributed by atoms with Crippen LogP contribution in [0.4, 0.5) is 5.95 Å². The molecule has 1 aromatic rings. The number of aromatic nitrogens is 2. The highest BCUT2D eigenvalue weighted by Crippen LogP contribution is 2.24. The zero-order valence-electron chi connectivity index (χ0n) is 11.5. The van der Waals surface area contributed by atoms with E-state index in [1.54, 1.807) is 0 Å². The summed E-state index contributed by atoms with van der Waals surface area (Å²) in [5.74, 6) is 4.82. The van der Waals surface area contributed by atoms with Crippen LogP contribution >= 0.6 is 23.5 Å². The third-order valence-corrected chi connectivity index (χ3v) is 5.82. The summed E-state index contributed by atoms with van der Waals surface area (Å²) in [6.07, 6.45) is 4.94. The molecule has 1 fully saturated rings. The van der Waals surface area contributed by atoms with E-state index in [-0.39, 0.29) is 0 Å². The van der Waals surface area contributed by atoms with Crippen LogP contribution in [0.2, 0.25) is 0 Å². The van der Waals surface area contributed by atoms with Crippen LogP contribution in [-0.2, 0) is 11.3 Å². The minimum atomic E-state index is 0.715. The maximum atomic E-state index is 5.37. The molecule has 4 nitrogen and oxygen atoms in total. The Balaban J connectivity index is 1.72. The van der Waals surface area contributed by atoms with E-state index < -0.39 is 0 Å². The minimum absolute atomic E-state index is 0.715. The largest absolute Gasteiger partial charge is 0.382 e. The summed E-state index contributed by atoms with van der Waals surface area (Å²) in [6.45, 7) is 5.63. The normalized spacial score (nSPS) is 19.5. The highest BCUT2D eigenvalue weighted by Gasteiger charge is 2.14. The second kappa shape index (κ2) is 8.76. The van der Waals surface area contributed by atoms with Gasteiger partial charge in [-0.3, -0.25) is 0 Å². The van der Waals surface area contributed by atoms with Gasteiger partial charge in [-0.2, -0.15) is 23.5 Å². The number of rotatable bonds is 8. The van der Waals surface area contributed by atoms with E-state index in [1.807, 2.05) is 19.3 Å². The Bertz CT molecular complexity index is 353. The monoisotopic (exact) mass is 301 g/mol. The van der Waals surface area contributed by atoms with E-state index in [9.17, 15) is 0 Å². The van der Waals surface area contributed by atoms with Crippen molar-refractivity contribution in [3.63, 3.8) is 0 Å². The Morgan fingerprint density at radius 3 is 3.26 bits per heavy atom. The van der Waals surface area contributed by atoms with Crippen molar-refractivity contribution in [1.29, 1.82) is 0 Å². The van der Waals surface area contributed by atoms with E-state index in [2.05, 4.69) is 38.4 Å². The number of ether oxygens (including phenoxy) is 1. The van der Waals surface area contributed by atoms with Crippen molar-refractivity contribution < 1.29 is 4.74 Å². The van der Waals surface area contributed by atoms with Crippen LogP contribution in [0.5, 0.6) is 0 Å². The van der Waals surface area contributed by atoms with Crippen molar-refractivity contribution >= 4 is 29.5 Å². The zero-order chi connectivity index (χ0) is 13.3. The molecule has 0 aromatic carbocycles. The first-order valence-corrected chi connectivity index (χ1v) is 9.12.